The molecule has 0 rings (SSSR count). The third kappa shape index (κ3) is 8.57. The van der Waals surface area contributed by atoms with E-state index in [9.17, 15) is 0 Å². The summed E-state index contributed by atoms with van der Waals surface area (Å²) < 4.78 is 1.01. The summed E-state index contributed by atoms with van der Waals surface area (Å²) >= 11 is 0. The summed E-state index contributed by atoms with van der Waals surface area (Å²) in [7, 11) is 0. The van der Waals surface area contributed by atoms with E-state index in [4.69, 9.17) is 0 Å². The van der Waals surface area contributed by atoms with E-state index in [0.29, 0.717) is 0 Å². The zero-order valence-electron chi connectivity index (χ0n) is 12.4. The molecule has 0 saturated carbocycles. The molecule has 0 aromatic rings. The molecule has 2 nitrogen and oxygen atoms in total. The Kier molecular flexibility index (Phi) is 11.2. The van der Waals surface area contributed by atoms with E-state index >= 15 is 0 Å². The summed E-state index contributed by atoms with van der Waals surface area (Å²) in [6, 6.07) is 0. The van der Waals surface area contributed by atoms with Crippen molar-refractivity contribution in [3.63, 3.8) is 0 Å². The Hall–Kier alpha value is -1.12. The van der Waals surface area contributed by atoms with Gasteiger partial charge in [-0.15, -0.1) is 6.58 Å². The Morgan fingerprint density at radius 3 is 1.79 bits per heavy atom. The van der Waals surface area contributed by atoms with Gasteiger partial charge in [-0.1, -0.05) is 25.8 Å². The standard InChI is InChI=1S/C17H31N2/c1-5-12-18-13-10-9-11-17-19(14-6-2,15-7-3)16-8-4/h5-8,18H,1-4,9-17H2/q+1. The van der Waals surface area contributed by atoms with Crippen LogP contribution in [0.4, 0.5) is 0 Å². The summed E-state index contributed by atoms with van der Waals surface area (Å²) in [6.45, 7) is 21.5. The number of rotatable bonds is 14. The van der Waals surface area contributed by atoms with Gasteiger partial charge in [-0.05, 0) is 44.0 Å². The van der Waals surface area contributed by atoms with Gasteiger partial charge < -0.3 is 9.80 Å². The lowest BCUT2D eigenvalue weighted by Crippen LogP contribution is -2.49. The maximum Gasteiger partial charge on any atom is 0.0975 e. The number of nitrogens with one attached hydrogen (secondary N) is 1. The van der Waals surface area contributed by atoms with Gasteiger partial charge in [0.15, 0.2) is 0 Å². The number of quaternary nitrogens is 1. The Balaban J connectivity index is 4.02. The predicted octanol–water partition coefficient (Wildman–Crippen LogP) is 3.31. The van der Waals surface area contributed by atoms with Gasteiger partial charge in [-0.2, -0.15) is 0 Å². The second-order valence-electron chi connectivity index (χ2n) is 5.03. The van der Waals surface area contributed by atoms with Crippen molar-refractivity contribution in [1.29, 1.82) is 0 Å². The maximum atomic E-state index is 3.88. The van der Waals surface area contributed by atoms with Gasteiger partial charge in [0.05, 0.1) is 26.2 Å². The van der Waals surface area contributed by atoms with Crippen LogP contribution in [-0.4, -0.2) is 43.8 Å². The fraction of sp³-hybridized carbons (Fsp3) is 0.529. The van der Waals surface area contributed by atoms with Crippen molar-refractivity contribution in [3.8, 4) is 0 Å². The van der Waals surface area contributed by atoms with Crippen LogP contribution in [0.3, 0.4) is 0 Å². The molecule has 0 fully saturated rings. The molecule has 0 aliphatic carbocycles. The Morgan fingerprint density at radius 1 is 0.737 bits per heavy atom. The van der Waals surface area contributed by atoms with Gasteiger partial charge in [0.2, 0.25) is 0 Å². The van der Waals surface area contributed by atoms with Gasteiger partial charge in [0, 0.05) is 6.54 Å². The molecule has 0 atom stereocenters. The zero-order chi connectivity index (χ0) is 14.4. The van der Waals surface area contributed by atoms with E-state index in [1.54, 1.807) is 0 Å². The molecule has 0 bridgehead atoms. The zero-order valence-corrected chi connectivity index (χ0v) is 12.4. The van der Waals surface area contributed by atoms with Crippen molar-refractivity contribution >= 4 is 0 Å². The van der Waals surface area contributed by atoms with E-state index in [2.05, 4.69) is 31.6 Å². The highest BCUT2D eigenvalue weighted by Gasteiger charge is 2.21. The number of hydrogen-bond donors (Lipinski definition) is 1. The van der Waals surface area contributed by atoms with Crippen molar-refractivity contribution in [2.75, 3.05) is 39.3 Å². The molecule has 108 valence electrons. The number of unbranched alkanes of at least 4 members (excludes halogenated alkanes) is 2. The molecule has 0 unspecified atom stereocenters. The van der Waals surface area contributed by atoms with Crippen molar-refractivity contribution in [3.05, 3.63) is 50.6 Å². The third-order valence-corrected chi connectivity index (χ3v) is 3.32. The largest absolute Gasteiger partial charge is 0.314 e. The highest BCUT2D eigenvalue weighted by molar-refractivity contribution is 4.76. The monoisotopic (exact) mass is 263 g/mol. The van der Waals surface area contributed by atoms with Crippen LogP contribution in [0.1, 0.15) is 19.3 Å². The van der Waals surface area contributed by atoms with Crippen LogP contribution in [0, 0.1) is 0 Å². The van der Waals surface area contributed by atoms with Gasteiger partial charge >= 0.3 is 0 Å². The number of hydrogen-bond acceptors (Lipinski definition) is 1. The van der Waals surface area contributed by atoms with E-state index in [-0.39, 0.29) is 0 Å². The first-order valence-electron chi connectivity index (χ1n) is 7.24. The van der Waals surface area contributed by atoms with E-state index in [0.717, 1.165) is 37.2 Å². The average molecular weight is 263 g/mol. The molecule has 0 amide bonds. The van der Waals surface area contributed by atoms with Crippen LogP contribution >= 0.6 is 0 Å². The first-order chi connectivity index (χ1) is 9.24. The van der Waals surface area contributed by atoms with Crippen molar-refractivity contribution < 1.29 is 4.48 Å². The summed E-state index contributed by atoms with van der Waals surface area (Å²) in [6.07, 6.45) is 11.7. The molecule has 0 spiro atoms. The first kappa shape index (κ1) is 17.9. The lowest BCUT2D eigenvalue weighted by molar-refractivity contribution is -0.912. The summed E-state index contributed by atoms with van der Waals surface area (Å²) in [5.41, 5.74) is 0. The average Bonchev–Trinajstić information content (AvgIpc) is 2.39. The van der Waals surface area contributed by atoms with E-state index in [1.807, 2.05) is 24.3 Å². The van der Waals surface area contributed by atoms with Gasteiger partial charge in [0.1, 0.15) is 0 Å². The van der Waals surface area contributed by atoms with Crippen LogP contribution in [0.2, 0.25) is 0 Å². The SMILES string of the molecule is C=CCNCCCCC[N+](CC=C)(CC=C)CC=C. The van der Waals surface area contributed by atoms with Crippen LogP contribution in [0.25, 0.3) is 0 Å². The van der Waals surface area contributed by atoms with Crippen molar-refractivity contribution in [2.24, 2.45) is 0 Å². The predicted molar refractivity (Wildman–Crippen MR) is 87.2 cm³/mol. The molecule has 0 aliphatic heterocycles. The fourth-order valence-electron chi connectivity index (χ4n) is 2.40. The van der Waals surface area contributed by atoms with Crippen LogP contribution in [-0.2, 0) is 0 Å². The summed E-state index contributed by atoms with van der Waals surface area (Å²) in [5.74, 6) is 0. The summed E-state index contributed by atoms with van der Waals surface area (Å²) in [4.78, 5) is 0. The minimum atomic E-state index is 0.906. The lowest BCUT2D eigenvalue weighted by Gasteiger charge is -2.36. The Morgan fingerprint density at radius 2 is 1.32 bits per heavy atom. The first-order valence-corrected chi connectivity index (χ1v) is 7.24. The van der Waals surface area contributed by atoms with Gasteiger partial charge in [-0.25, -0.2) is 0 Å². The van der Waals surface area contributed by atoms with Crippen molar-refractivity contribution in [1.82, 2.24) is 5.32 Å². The highest BCUT2D eigenvalue weighted by atomic mass is 15.3. The quantitative estimate of drug-likeness (QED) is 0.288. The molecular weight excluding hydrogens is 232 g/mol. The van der Waals surface area contributed by atoms with E-state index in [1.165, 1.54) is 25.8 Å². The molecule has 19 heavy (non-hydrogen) atoms. The van der Waals surface area contributed by atoms with E-state index < -0.39 is 0 Å². The molecular formula is C17H31N2+. The molecule has 0 aromatic heterocycles. The van der Waals surface area contributed by atoms with Gasteiger partial charge in [-0.3, -0.25) is 0 Å². The minimum Gasteiger partial charge on any atom is -0.314 e. The van der Waals surface area contributed by atoms with Crippen molar-refractivity contribution in [2.45, 2.75) is 19.3 Å². The Labute approximate surface area is 119 Å². The number of nitrogens with zero attached hydrogens (tertiary/aromatic N) is 1. The third-order valence-electron chi connectivity index (χ3n) is 3.32. The minimum absolute atomic E-state index is 0.906. The van der Waals surface area contributed by atoms with Crippen LogP contribution in [0.15, 0.2) is 50.6 Å². The smallest absolute Gasteiger partial charge is 0.0975 e. The molecule has 0 radical (unpaired) electrons. The second-order valence-corrected chi connectivity index (χ2v) is 5.03. The molecule has 0 saturated heterocycles. The van der Waals surface area contributed by atoms with Crippen LogP contribution < -0.4 is 5.32 Å². The summed E-state index contributed by atoms with van der Waals surface area (Å²) in [5, 5.41) is 3.34. The fourth-order valence-corrected chi connectivity index (χ4v) is 2.40. The topological polar surface area (TPSA) is 12.0 Å². The van der Waals surface area contributed by atoms with Crippen LogP contribution in [0.5, 0.6) is 0 Å². The second kappa shape index (κ2) is 11.9. The Bertz CT molecular complexity index is 242. The normalized spacial score (nSPS) is 10.9. The molecule has 0 aromatic carbocycles. The lowest BCUT2D eigenvalue weighted by atomic mass is 10.2. The van der Waals surface area contributed by atoms with Gasteiger partial charge in [0.25, 0.3) is 0 Å². The maximum absolute atomic E-state index is 3.88. The molecule has 2 heteroatoms. The molecule has 0 aliphatic rings. The molecule has 0 heterocycles. The highest BCUT2D eigenvalue weighted by Crippen LogP contribution is 2.11. The molecule has 1 N–H and O–H groups in total.